The molecule has 4 aliphatic carbocycles. The summed E-state index contributed by atoms with van der Waals surface area (Å²) in [6, 6.07) is 0. The molecule has 10 atom stereocenters. The van der Waals surface area contributed by atoms with E-state index >= 15 is 0 Å². The molecule has 34 heavy (non-hydrogen) atoms. The van der Waals surface area contributed by atoms with Gasteiger partial charge in [0.15, 0.2) is 0 Å². The highest BCUT2D eigenvalue weighted by Crippen LogP contribution is 2.68. The second-order valence-electron chi connectivity index (χ2n) is 12.8. The van der Waals surface area contributed by atoms with Crippen LogP contribution in [-0.2, 0) is 18.9 Å². The maximum Gasteiger partial charge on any atom is 0.0704 e. The predicted molar refractivity (Wildman–Crippen MR) is 133 cm³/mol. The minimum Gasteiger partial charge on any atom is -0.393 e. The molecule has 0 amide bonds. The van der Waals surface area contributed by atoms with Crippen LogP contribution < -0.4 is 0 Å². The van der Waals surface area contributed by atoms with Gasteiger partial charge in [0.2, 0.25) is 0 Å². The summed E-state index contributed by atoms with van der Waals surface area (Å²) < 4.78 is 23.6. The Hall–Kier alpha value is -0.200. The average molecular weight is 479 g/mol. The number of hydrogen-bond donors (Lipinski definition) is 1. The quantitative estimate of drug-likeness (QED) is 0.492. The summed E-state index contributed by atoms with van der Waals surface area (Å²) in [6.45, 7) is 12.1. The fourth-order valence-electron chi connectivity index (χ4n) is 9.58. The highest BCUT2D eigenvalue weighted by molar-refractivity contribution is 5.12. The van der Waals surface area contributed by atoms with Crippen LogP contribution in [-0.4, -0.2) is 63.6 Å². The van der Waals surface area contributed by atoms with E-state index in [2.05, 4.69) is 20.8 Å². The van der Waals surface area contributed by atoms with Crippen LogP contribution in [0.3, 0.4) is 0 Å². The first kappa shape index (κ1) is 25.4. The largest absolute Gasteiger partial charge is 0.393 e. The molecule has 6 aliphatic rings. The summed E-state index contributed by atoms with van der Waals surface area (Å²) in [7, 11) is 0. The number of rotatable bonds is 0. The van der Waals surface area contributed by atoms with Crippen molar-refractivity contribution in [2.45, 2.75) is 90.8 Å². The molecule has 6 rings (SSSR count). The first-order valence-electron chi connectivity index (χ1n) is 14.5. The molecule has 1 N–H and O–H groups in total. The molecule has 6 unspecified atom stereocenters. The normalized spacial score (nSPS) is 51.2. The zero-order chi connectivity index (χ0) is 23.8. The van der Waals surface area contributed by atoms with Crippen LogP contribution in [0, 0.1) is 46.3 Å². The van der Waals surface area contributed by atoms with Crippen molar-refractivity contribution in [3.05, 3.63) is 0 Å². The molecule has 5 heteroatoms. The smallest absolute Gasteiger partial charge is 0.0704 e. The van der Waals surface area contributed by atoms with Crippen molar-refractivity contribution in [1.82, 2.24) is 0 Å². The lowest BCUT2D eigenvalue weighted by molar-refractivity contribution is -0.179. The SMILES string of the molecule is CC1CCOCCOCCOCCO[C@@H]2CCC3(C)C4CC(O)C5(C)C1CC[C@H]5[C@@H]4CC[C@@H]3C2. The standard InChI is InChI=1S/C29H50O5/c1-20-9-11-31-12-13-32-14-15-33-16-17-34-22-8-10-28(2)21(18-22)4-5-23-25-7-6-24(20)29(25,3)27(30)19-26(23)28/h20-27,30H,4-19H2,1-3H3/t20?,21-,22-,23+,24?,25+,26?,27?,28?,29?/m1/s1. The summed E-state index contributed by atoms with van der Waals surface area (Å²) >= 11 is 0. The molecule has 8 bridgehead atoms. The van der Waals surface area contributed by atoms with Crippen molar-refractivity contribution in [3.63, 3.8) is 0 Å². The third-order valence-electron chi connectivity index (χ3n) is 11.5. The summed E-state index contributed by atoms with van der Waals surface area (Å²) in [5.41, 5.74) is 0.442. The molecular weight excluding hydrogens is 428 g/mol. The minimum absolute atomic E-state index is 0.0736. The highest BCUT2D eigenvalue weighted by Gasteiger charge is 2.63. The van der Waals surface area contributed by atoms with Gasteiger partial charge in [0.05, 0.1) is 51.8 Å². The zero-order valence-electron chi connectivity index (χ0n) is 22.0. The first-order chi connectivity index (χ1) is 16.4. The fourth-order valence-corrected chi connectivity index (χ4v) is 9.58. The van der Waals surface area contributed by atoms with E-state index in [9.17, 15) is 5.11 Å². The molecule has 0 aromatic heterocycles. The van der Waals surface area contributed by atoms with Crippen molar-refractivity contribution < 1.29 is 24.1 Å². The van der Waals surface area contributed by atoms with Crippen LogP contribution in [0.25, 0.3) is 0 Å². The van der Waals surface area contributed by atoms with Crippen LogP contribution in [0.5, 0.6) is 0 Å². The lowest BCUT2D eigenvalue weighted by Gasteiger charge is -2.62. The van der Waals surface area contributed by atoms with Crippen molar-refractivity contribution in [3.8, 4) is 0 Å². The number of aliphatic hydroxyl groups is 1. The maximum atomic E-state index is 11.8. The summed E-state index contributed by atoms with van der Waals surface area (Å²) in [5, 5.41) is 11.8. The van der Waals surface area contributed by atoms with Gasteiger partial charge in [0.1, 0.15) is 0 Å². The molecule has 5 nitrogen and oxygen atoms in total. The van der Waals surface area contributed by atoms with E-state index in [0.717, 1.165) is 37.7 Å². The molecule has 4 saturated carbocycles. The van der Waals surface area contributed by atoms with Gasteiger partial charge in [-0.05, 0) is 104 Å². The van der Waals surface area contributed by atoms with Gasteiger partial charge in [-0.15, -0.1) is 0 Å². The van der Waals surface area contributed by atoms with Gasteiger partial charge in [-0.25, -0.2) is 0 Å². The molecule has 2 aliphatic heterocycles. The first-order valence-corrected chi connectivity index (χ1v) is 14.5. The van der Waals surface area contributed by atoms with Gasteiger partial charge >= 0.3 is 0 Å². The predicted octanol–water partition coefficient (Wildman–Crippen LogP) is 5.09. The molecule has 6 fully saturated rings. The van der Waals surface area contributed by atoms with Gasteiger partial charge in [-0.3, -0.25) is 0 Å². The number of aliphatic hydroxyl groups excluding tert-OH is 1. The average Bonchev–Trinajstić information content (AvgIpc) is 3.18. The van der Waals surface area contributed by atoms with Crippen molar-refractivity contribution in [2.24, 2.45) is 46.3 Å². The Morgan fingerprint density at radius 2 is 1.35 bits per heavy atom. The lowest BCUT2D eigenvalue weighted by Crippen LogP contribution is -2.59. The second-order valence-corrected chi connectivity index (χ2v) is 12.8. The van der Waals surface area contributed by atoms with Gasteiger partial charge in [0.25, 0.3) is 0 Å². The molecule has 0 spiro atoms. The minimum atomic E-state index is -0.164. The van der Waals surface area contributed by atoms with E-state index in [1.54, 1.807) is 0 Å². The number of hydrogen-bond acceptors (Lipinski definition) is 5. The van der Waals surface area contributed by atoms with E-state index in [1.165, 1.54) is 38.5 Å². The van der Waals surface area contributed by atoms with E-state index in [-0.39, 0.29) is 11.5 Å². The van der Waals surface area contributed by atoms with Crippen molar-refractivity contribution >= 4 is 0 Å². The molecular formula is C29H50O5. The van der Waals surface area contributed by atoms with E-state index in [1.807, 2.05) is 0 Å². The van der Waals surface area contributed by atoms with Gasteiger partial charge < -0.3 is 24.1 Å². The second kappa shape index (κ2) is 10.7. The van der Waals surface area contributed by atoms with Crippen molar-refractivity contribution in [2.75, 3.05) is 46.2 Å². The van der Waals surface area contributed by atoms with Gasteiger partial charge in [0, 0.05) is 6.61 Å². The summed E-state index contributed by atoms with van der Waals surface area (Å²) in [5.74, 6) is 4.10. The zero-order valence-corrected chi connectivity index (χ0v) is 22.0. The monoisotopic (exact) mass is 478 g/mol. The molecule has 0 aromatic rings. The summed E-state index contributed by atoms with van der Waals surface area (Å²) in [4.78, 5) is 0. The van der Waals surface area contributed by atoms with Crippen LogP contribution in [0.2, 0.25) is 0 Å². The third-order valence-corrected chi connectivity index (χ3v) is 11.5. The molecule has 0 radical (unpaired) electrons. The Morgan fingerprint density at radius 3 is 2.12 bits per heavy atom. The van der Waals surface area contributed by atoms with Gasteiger partial charge in [-0.2, -0.15) is 0 Å². The summed E-state index contributed by atoms with van der Waals surface area (Å²) in [6.07, 6.45) is 11.2. The van der Waals surface area contributed by atoms with E-state index in [4.69, 9.17) is 18.9 Å². The van der Waals surface area contributed by atoms with E-state index < -0.39 is 0 Å². The Balaban J connectivity index is 1.33. The van der Waals surface area contributed by atoms with Crippen molar-refractivity contribution in [1.29, 1.82) is 0 Å². The van der Waals surface area contributed by atoms with Crippen LogP contribution in [0.15, 0.2) is 0 Å². The fraction of sp³-hybridized carbons (Fsp3) is 1.00. The Kier molecular flexibility index (Phi) is 7.97. The van der Waals surface area contributed by atoms with Crippen LogP contribution in [0.4, 0.5) is 0 Å². The number of fused-ring (bicyclic) bond motifs is 15. The maximum absolute atomic E-state index is 11.8. The van der Waals surface area contributed by atoms with Gasteiger partial charge in [-0.1, -0.05) is 20.8 Å². The Bertz CT molecular complexity index is 671. The topological polar surface area (TPSA) is 57.2 Å². The Labute approximate surface area is 207 Å². The third kappa shape index (κ3) is 4.62. The van der Waals surface area contributed by atoms with Crippen LogP contribution >= 0.6 is 0 Å². The Morgan fingerprint density at radius 1 is 0.676 bits per heavy atom. The molecule has 196 valence electrons. The lowest BCUT2D eigenvalue weighted by atomic mass is 9.43. The van der Waals surface area contributed by atoms with Crippen LogP contribution in [0.1, 0.15) is 78.6 Å². The molecule has 2 saturated heterocycles. The number of ether oxygens (including phenoxy) is 4. The molecule has 0 aromatic carbocycles. The highest BCUT2D eigenvalue weighted by atomic mass is 16.6. The molecule has 2 heterocycles. The van der Waals surface area contributed by atoms with E-state index in [0.29, 0.717) is 74.8 Å².